The molecule has 2 aromatic rings. The van der Waals surface area contributed by atoms with Gasteiger partial charge >= 0.3 is 11.9 Å². The van der Waals surface area contributed by atoms with Crippen LogP contribution in [-0.2, 0) is 21.3 Å². The van der Waals surface area contributed by atoms with Crippen molar-refractivity contribution >= 4 is 22.7 Å². The van der Waals surface area contributed by atoms with Crippen molar-refractivity contribution in [3.63, 3.8) is 0 Å². The molecule has 0 bridgehead atoms. The fraction of sp³-hybridized carbons (Fsp3) is 0.294. The zero-order valence-corrected chi connectivity index (χ0v) is 14.4. The highest BCUT2D eigenvalue weighted by Gasteiger charge is 2.11. The Morgan fingerprint density at radius 3 is 2.48 bits per heavy atom. The quantitative estimate of drug-likeness (QED) is 0.537. The highest BCUT2D eigenvalue weighted by molar-refractivity contribution is 7.84. The highest BCUT2D eigenvalue weighted by atomic mass is 32.2. The lowest BCUT2D eigenvalue weighted by atomic mass is 10.2. The van der Waals surface area contributed by atoms with Gasteiger partial charge in [-0.25, -0.2) is 9.59 Å². The minimum atomic E-state index is -1.17. The molecular weight excluding hydrogens is 348 g/mol. The number of methoxy groups -OCH3 is 1. The Balaban J connectivity index is 1.70. The molecule has 1 heterocycles. The standard InChI is InChI=1S/C17H18O7S/c1-22-17(20)12-3-5-13(6-4-12)23-9-2-10-25(21)11-14-7-8-15(24-14)16(18)19/h3-8H,2,9-11H2,1H3,(H,18,19). The van der Waals surface area contributed by atoms with Crippen LogP contribution >= 0.6 is 0 Å². The molecule has 134 valence electrons. The molecule has 2 rings (SSSR count). The summed E-state index contributed by atoms with van der Waals surface area (Å²) in [5.74, 6) is -0.157. The Morgan fingerprint density at radius 2 is 1.88 bits per heavy atom. The molecule has 0 spiro atoms. The number of esters is 1. The van der Waals surface area contributed by atoms with E-state index in [1.807, 2.05) is 0 Å². The van der Waals surface area contributed by atoms with Crippen molar-refractivity contribution < 1.29 is 32.8 Å². The maximum atomic E-state index is 12.0. The molecule has 25 heavy (non-hydrogen) atoms. The first-order valence-corrected chi connectivity index (χ1v) is 8.96. The summed E-state index contributed by atoms with van der Waals surface area (Å²) >= 11 is 0. The Labute approximate surface area is 147 Å². The molecule has 0 saturated carbocycles. The molecule has 0 radical (unpaired) electrons. The molecule has 1 atom stereocenters. The van der Waals surface area contributed by atoms with E-state index in [2.05, 4.69) is 4.74 Å². The number of benzene rings is 1. The van der Waals surface area contributed by atoms with Crippen LogP contribution in [0.5, 0.6) is 5.75 Å². The Bertz CT molecular complexity index is 749. The predicted octanol–water partition coefficient (Wildman–Crippen LogP) is 2.48. The number of aromatic carboxylic acids is 1. The fourth-order valence-electron chi connectivity index (χ4n) is 2.02. The van der Waals surface area contributed by atoms with Crippen LogP contribution in [0.25, 0.3) is 0 Å². The number of carboxylic acids is 1. The number of furan rings is 1. The molecule has 0 fully saturated rings. The summed E-state index contributed by atoms with van der Waals surface area (Å²) in [5.41, 5.74) is 0.440. The molecule has 0 aliphatic heterocycles. The van der Waals surface area contributed by atoms with Crippen LogP contribution in [-0.4, -0.2) is 40.7 Å². The zero-order chi connectivity index (χ0) is 18.2. The maximum absolute atomic E-state index is 12.0. The van der Waals surface area contributed by atoms with Crippen molar-refractivity contribution in [3.8, 4) is 5.75 Å². The van der Waals surface area contributed by atoms with Crippen LogP contribution in [0.15, 0.2) is 40.8 Å². The number of ether oxygens (including phenoxy) is 2. The second kappa shape index (κ2) is 9.03. The average molecular weight is 366 g/mol. The monoisotopic (exact) mass is 366 g/mol. The van der Waals surface area contributed by atoms with E-state index in [9.17, 15) is 13.8 Å². The first kappa shape index (κ1) is 18.7. The number of carbonyl (C=O) groups is 2. The van der Waals surface area contributed by atoms with Gasteiger partial charge in [0.15, 0.2) is 0 Å². The summed E-state index contributed by atoms with van der Waals surface area (Å²) in [5, 5.41) is 8.76. The molecular formula is C17H18O7S. The molecule has 7 nitrogen and oxygen atoms in total. The number of carbonyl (C=O) groups excluding carboxylic acids is 1. The summed E-state index contributed by atoms with van der Waals surface area (Å²) < 4.78 is 27.2. The summed E-state index contributed by atoms with van der Waals surface area (Å²) in [7, 11) is 0.150. The predicted molar refractivity (Wildman–Crippen MR) is 90.3 cm³/mol. The SMILES string of the molecule is COC(=O)c1ccc(OCCCS(=O)Cc2ccc(C(=O)O)o2)cc1. The van der Waals surface area contributed by atoms with Gasteiger partial charge in [0, 0.05) is 16.6 Å². The van der Waals surface area contributed by atoms with Gasteiger partial charge in [0.05, 0.1) is 25.0 Å². The van der Waals surface area contributed by atoms with Gasteiger partial charge < -0.3 is 19.0 Å². The van der Waals surface area contributed by atoms with Gasteiger partial charge in [-0.15, -0.1) is 0 Å². The van der Waals surface area contributed by atoms with Gasteiger partial charge in [-0.1, -0.05) is 0 Å². The zero-order valence-electron chi connectivity index (χ0n) is 13.6. The summed E-state index contributed by atoms with van der Waals surface area (Å²) in [6.07, 6.45) is 0.567. The molecule has 0 saturated heterocycles. The van der Waals surface area contributed by atoms with Gasteiger partial charge in [0.2, 0.25) is 5.76 Å². The first-order chi connectivity index (χ1) is 12.0. The second-order valence-electron chi connectivity index (χ2n) is 5.08. The summed E-state index contributed by atoms with van der Waals surface area (Å²) in [6.45, 7) is 0.377. The molecule has 0 aliphatic carbocycles. The van der Waals surface area contributed by atoms with E-state index in [0.717, 1.165) is 0 Å². The topological polar surface area (TPSA) is 103 Å². The van der Waals surface area contributed by atoms with Crippen LogP contribution in [0.3, 0.4) is 0 Å². The molecule has 1 unspecified atom stereocenters. The number of hydrogen-bond acceptors (Lipinski definition) is 6. The highest BCUT2D eigenvalue weighted by Crippen LogP contribution is 2.14. The van der Waals surface area contributed by atoms with Crippen molar-refractivity contribution in [2.24, 2.45) is 0 Å². The van der Waals surface area contributed by atoms with Crippen LogP contribution in [0.4, 0.5) is 0 Å². The van der Waals surface area contributed by atoms with Crippen LogP contribution in [0.1, 0.15) is 33.1 Å². The molecule has 0 aliphatic rings. The summed E-state index contributed by atoms with van der Waals surface area (Å²) in [6, 6.07) is 9.40. The first-order valence-electron chi connectivity index (χ1n) is 7.47. The Morgan fingerprint density at radius 1 is 1.16 bits per heavy atom. The van der Waals surface area contributed by atoms with Crippen molar-refractivity contribution in [1.29, 1.82) is 0 Å². The third-order valence-electron chi connectivity index (χ3n) is 3.24. The van der Waals surface area contributed by atoms with Crippen LogP contribution < -0.4 is 4.74 Å². The van der Waals surface area contributed by atoms with E-state index in [4.69, 9.17) is 14.3 Å². The van der Waals surface area contributed by atoms with Gasteiger partial charge in [0.25, 0.3) is 0 Å². The largest absolute Gasteiger partial charge is 0.494 e. The normalized spacial score (nSPS) is 11.7. The van der Waals surface area contributed by atoms with Gasteiger partial charge in [-0.3, -0.25) is 4.21 Å². The number of hydrogen-bond donors (Lipinski definition) is 1. The Hall–Kier alpha value is -2.61. The van der Waals surface area contributed by atoms with Crippen molar-refractivity contribution in [2.75, 3.05) is 19.5 Å². The van der Waals surface area contributed by atoms with Gasteiger partial charge in [-0.2, -0.15) is 0 Å². The number of carboxylic acid groups (broad SMARTS) is 1. The minimum absolute atomic E-state index is 0.161. The average Bonchev–Trinajstić information content (AvgIpc) is 3.07. The maximum Gasteiger partial charge on any atom is 0.371 e. The van der Waals surface area contributed by atoms with E-state index in [1.165, 1.54) is 19.2 Å². The molecule has 0 amide bonds. The van der Waals surface area contributed by atoms with Crippen molar-refractivity contribution in [3.05, 3.63) is 53.5 Å². The smallest absolute Gasteiger partial charge is 0.371 e. The van der Waals surface area contributed by atoms with E-state index in [1.54, 1.807) is 24.3 Å². The van der Waals surface area contributed by atoms with E-state index in [-0.39, 0.29) is 11.5 Å². The molecule has 1 aromatic heterocycles. The van der Waals surface area contributed by atoms with Crippen molar-refractivity contribution in [1.82, 2.24) is 0 Å². The molecule has 1 N–H and O–H groups in total. The van der Waals surface area contributed by atoms with Gasteiger partial charge in [-0.05, 0) is 42.8 Å². The molecule has 8 heteroatoms. The van der Waals surface area contributed by atoms with E-state index >= 15 is 0 Å². The van der Waals surface area contributed by atoms with Crippen LogP contribution in [0.2, 0.25) is 0 Å². The van der Waals surface area contributed by atoms with E-state index in [0.29, 0.717) is 35.9 Å². The third-order valence-corrected chi connectivity index (χ3v) is 4.59. The lowest BCUT2D eigenvalue weighted by Gasteiger charge is -2.06. The van der Waals surface area contributed by atoms with E-state index < -0.39 is 22.7 Å². The Kier molecular flexibility index (Phi) is 6.76. The molecule has 1 aromatic carbocycles. The van der Waals surface area contributed by atoms with Gasteiger partial charge in [0.1, 0.15) is 11.5 Å². The van der Waals surface area contributed by atoms with Crippen molar-refractivity contribution in [2.45, 2.75) is 12.2 Å². The lowest BCUT2D eigenvalue weighted by molar-refractivity contribution is 0.0599. The lowest BCUT2D eigenvalue weighted by Crippen LogP contribution is -2.06. The summed E-state index contributed by atoms with van der Waals surface area (Å²) in [4.78, 5) is 22.0. The minimum Gasteiger partial charge on any atom is -0.494 e. The number of rotatable bonds is 9. The third kappa shape index (κ3) is 5.75. The second-order valence-corrected chi connectivity index (χ2v) is 6.65. The fourth-order valence-corrected chi connectivity index (χ4v) is 3.07. The van der Waals surface area contributed by atoms with Crippen LogP contribution in [0, 0.1) is 0 Å².